The second-order valence-corrected chi connectivity index (χ2v) is 5.18. The van der Waals surface area contributed by atoms with E-state index in [0.29, 0.717) is 11.3 Å². The van der Waals surface area contributed by atoms with E-state index in [0.717, 1.165) is 23.5 Å². The average Bonchev–Trinajstić information content (AvgIpc) is 2.44. The van der Waals surface area contributed by atoms with Crippen LogP contribution >= 0.6 is 11.8 Å². The highest BCUT2D eigenvalue weighted by atomic mass is 32.2. The molecule has 1 aromatic rings. The van der Waals surface area contributed by atoms with Crippen molar-refractivity contribution in [3.05, 3.63) is 39.1 Å². The maximum absolute atomic E-state index is 10.7. The second-order valence-electron chi connectivity index (χ2n) is 4.19. The monoisotopic (exact) mass is 297 g/mol. The van der Waals surface area contributed by atoms with Crippen molar-refractivity contribution in [1.29, 1.82) is 0 Å². The van der Waals surface area contributed by atoms with Crippen LogP contribution in [-0.2, 0) is 6.42 Å². The van der Waals surface area contributed by atoms with Crippen LogP contribution < -0.4 is 9.47 Å². The van der Waals surface area contributed by atoms with Gasteiger partial charge in [0.1, 0.15) is 11.5 Å². The third-order valence-corrected chi connectivity index (χ3v) is 3.47. The molecule has 0 aliphatic heterocycles. The molecule has 5 nitrogen and oxygen atoms in total. The van der Waals surface area contributed by atoms with Crippen LogP contribution in [0.1, 0.15) is 18.1 Å². The molecule has 0 aliphatic carbocycles. The van der Waals surface area contributed by atoms with Crippen molar-refractivity contribution in [2.45, 2.75) is 13.3 Å². The van der Waals surface area contributed by atoms with Crippen molar-refractivity contribution in [2.75, 3.05) is 26.2 Å². The molecule has 1 aromatic carbocycles. The van der Waals surface area contributed by atoms with E-state index in [1.807, 2.05) is 12.3 Å². The summed E-state index contributed by atoms with van der Waals surface area (Å²) in [4.78, 5) is 10.3. The zero-order valence-electron chi connectivity index (χ0n) is 12.1. The summed E-state index contributed by atoms with van der Waals surface area (Å²) in [6, 6.07) is 3.66. The Balaban J connectivity index is 3.25. The van der Waals surface area contributed by atoms with Gasteiger partial charge in [-0.05, 0) is 36.1 Å². The Hall–Kier alpha value is -1.69. The van der Waals surface area contributed by atoms with E-state index in [2.05, 4.69) is 0 Å². The van der Waals surface area contributed by atoms with E-state index in [4.69, 9.17) is 9.47 Å². The molecular formula is C14H19NO4S. The smallest absolute Gasteiger partial charge is 0.243 e. The van der Waals surface area contributed by atoms with Gasteiger partial charge in [-0.3, -0.25) is 10.1 Å². The molecule has 0 aliphatic rings. The summed E-state index contributed by atoms with van der Waals surface area (Å²) in [7, 11) is 3.15. The van der Waals surface area contributed by atoms with Crippen LogP contribution in [0.5, 0.6) is 11.5 Å². The third-order valence-electron chi connectivity index (χ3n) is 2.86. The van der Waals surface area contributed by atoms with Crippen molar-refractivity contribution in [3.8, 4) is 11.5 Å². The van der Waals surface area contributed by atoms with Crippen molar-refractivity contribution >= 4 is 17.8 Å². The summed E-state index contributed by atoms with van der Waals surface area (Å²) in [6.45, 7) is 1.45. The molecule has 0 aromatic heterocycles. The summed E-state index contributed by atoms with van der Waals surface area (Å²) in [5, 5.41) is 10.7. The Bertz CT molecular complexity index is 514. The first kappa shape index (κ1) is 16.4. The van der Waals surface area contributed by atoms with E-state index in [9.17, 15) is 10.1 Å². The summed E-state index contributed by atoms with van der Waals surface area (Å²) in [5.41, 5.74) is 1.74. The topological polar surface area (TPSA) is 61.6 Å². The summed E-state index contributed by atoms with van der Waals surface area (Å²) >= 11 is 1.75. The summed E-state index contributed by atoms with van der Waals surface area (Å²) in [6.07, 6.45) is 4.39. The van der Waals surface area contributed by atoms with Gasteiger partial charge in [0.05, 0.1) is 19.1 Å². The van der Waals surface area contributed by atoms with Gasteiger partial charge >= 0.3 is 0 Å². The molecule has 0 N–H and O–H groups in total. The molecule has 0 bridgehead atoms. The molecule has 0 spiro atoms. The number of nitro groups is 1. The number of aryl methyl sites for hydroxylation is 1. The fraction of sp³-hybridized carbons (Fsp3) is 0.429. The first-order chi connectivity index (χ1) is 9.53. The van der Waals surface area contributed by atoms with E-state index in [-0.39, 0.29) is 5.70 Å². The fourth-order valence-electron chi connectivity index (χ4n) is 1.78. The van der Waals surface area contributed by atoms with Gasteiger partial charge in [0.25, 0.3) is 0 Å². The van der Waals surface area contributed by atoms with Gasteiger partial charge in [0, 0.05) is 18.6 Å². The molecule has 20 heavy (non-hydrogen) atoms. The molecule has 0 atom stereocenters. The number of hydrogen-bond acceptors (Lipinski definition) is 5. The van der Waals surface area contributed by atoms with Gasteiger partial charge in [0.15, 0.2) is 0 Å². The van der Waals surface area contributed by atoms with Gasteiger partial charge in [-0.2, -0.15) is 11.8 Å². The highest BCUT2D eigenvalue weighted by molar-refractivity contribution is 7.98. The number of rotatable bonds is 7. The SMILES string of the molecule is COc1cc(CCSC)c(OC)cc1/C=C(\C)[N+](=O)[O-]. The number of thioether (sulfide) groups is 1. The predicted octanol–water partition coefficient (Wildman–Crippen LogP) is 3.25. The molecule has 0 saturated heterocycles. The number of ether oxygens (including phenoxy) is 2. The molecular weight excluding hydrogens is 278 g/mol. The first-order valence-corrected chi connectivity index (χ1v) is 7.49. The third kappa shape index (κ3) is 4.16. The minimum Gasteiger partial charge on any atom is -0.496 e. The van der Waals surface area contributed by atoms with E-state index >= 15 is 0 Å². The average molecular weight is 297 g/mol. The lowest BCUT2D eigenvalue weighted by atomic mass is 10.1. The summed E-state index contributed by atoms with van der Waals surface area (Å²) < 4.78 is 10.7. The number of methoxy groups -OCH3 is 2. The lowest BCUT2D eigenvalue weighted by Gasteiger charge is -2.13. The van der Waals surface area contributed by atoms with Crippen LogP contribution in [0.3, 0.4) is 0 Å². The highest BCUT2D eigenvalue weighted by Crippen LogP contribution is 2.31. The molecule has 0 heterocycles. The predicted molar refractivity (Wildman–Crippen MR) is 82.3 cm³/mol. The lowest BCUT2D eigenvalue weighted by Crippen LogP contribution is -1.99. The zero-order chi connectivity index (χ0) is 15.1. The standard InChI is InChI=1S/C14H19NO4S/c1-10(15(16)17)7-12-9-13(18-2)11(5-6-20-4)8-14(12)19-3/h7-9H,5-6H2,1-4H3/b10-7+. The Morgan fingerprint density at radius 3 is 2.50 bits per heavy atom. The molecule has 6 heteroatoms. The Kier molecular flexibility index (Phi) is 6.38. The normalized spacial score (nSPS) is 11.3. The Morgan fingerprint density at radius 2 is 2.00 bits per heavy atom. The van der Waals surface area contributed by atoms with Crippen LogP contribution in [0.4, 0.5) is 0 Å². The number of hydrogen-bond donors (Lipinski definition) is 0. The largest absolute Gasteiger partial charge is 0.496 e. The Labute approximate surface area is 123 Å². The fourth-order valence-corrected chi connectivity index (χ4v) is 2.21. The van der Waals surface area contributed by atoms with Crippen LogP contribution in [-0.4, -0.2) is 31.2 Å². The lowest BCUT2D eigenvalue weighted by molar-refractivity contribution is -0.422. The van der Waals surface area contributed by atoms with Crippen LogP contribution in [0.25, 0.3) is 6.08 Å². The second kappa shape index (κ2) is 7.79. The van der Waals surface area contributed by atoms with Crippen molar-refractivity contribution in [2.24, 2.45) is 0 Å². The molecule has 0 radical (unpaired) electrons. The van der Waals surface area contributed by atoms with Gasteiger partial charge in [-0.15, -0.1) is 0 Å². The van der Waals surface area contributed by atoms with Crippen molar-refractivity contribution < 1.29 is 14.4 Å². The number of allylic oxidation sites excluding steroid dienone is 1. The minimum absolute atomic E-state index is 0.0576. The first-order valence-electron chi connectivity index (χ1n) is 6.10. The van der Waals surface area contributed by atoms with Gasteiger partial charge in [0.2, 0.25) is 5.70 Å². The van der Waals surface area contributed by atoms with Gasteiger partial charge in [-0.25, -0.2) is 0 Å². The van der Waals surface area contributed by atoms with Crippen LogP contribution in [0, 0.1) is 10.1 Å². The molecule has 110 valence electrons. The van der Waals surface area contributed by atoms with Gasteiger partial charge in [-0.1, -0.05) is 0 Å². The number of nitrogens with zero attached hydrogens (tertiary/aromatic N) is 1. The quantitative estimate of drug-likeness (QED) is 0.571. The summed E-state index contributed by atoms with van der Waals surface area (Å²) in [5.74, 6) is 2.31. The number of benzene rings is 1. The minimum atomic E-state index is -0.423. The molecule has 0 saturated carbocycles. The maximum atomic E-state index is 10.7. The Morgan fingerprint density at radius 1 is 1.35 bits per heavy atom. The van der Waals surface area contributed by atoms with Crippen LogP contribution in [0.15, 0.2) is 17.8 Å². The van der Waals surface area contributed by atoms with Crippen molar-refractivity contribution in [1.82, 2.24) is 0 Å². The van der Waals surface area contributed by atoms with Gasteiger partial charge < -0.3 is 9.47 Å². The van der Waals surface area contributed by atoms with Crippen molar-refractivity contribution in [3.63, 3.8) is 0 Å². The highest BCUT2D eigenvalue weighted by Gasteiger charge is 2.12. The zero-order valence-corrected chi connectivity index (χ0v) is 13.0. The maximum Gasteiger partial charge on any atom is 0.243 e. The van der Waals surface area contributed by atoms with E-state index in [1.54, 1.807) is 32.0 Å². The van der Waals surface area contributed by atoms with E-state index in [1.165, 1.54) is 13.0 Å². The molecule has 0 amide bonds. The molecule has 0 fully saturated rings. The molecule has 1 rings (SSSR count). The van der Waals surface area contributed by atoms with E-state index < -0.39 is 4.92 Å². The van der Waals surface area contributed by atoms with Crippen LogP contribution in [0.2, 0.25) is 0 Å². The molecule has 0 unspecified atom stereocenters.